The molecular formula is C19H15N3O3S. The van der Waals surface area contributed by atoms with E-state index >= 15 is 0 Å². The third-order valence-electron chi connectivity index (χ3n) is 3.86. The lowest BCUT2D eigenvalue weighted by atomic mass is 10.2. The zero-order valence-corrected chi connectivity index (χ0v) is 14.7. The summed E-state index contributed by atoms with van der Waals surface area (Å²) < 4.78 is 33.4. The van der Waals surface area contributed by atoms with Crippen molar-refractivity contribution >= 4 is 26.9 Å². The SMILES string of the molecule is Cc1ccc(S(=O)(=O)Nc2cccc(-c3nc4ncccc4o3)c2)cc1. The number of oxazole rings is 1. The fourth-order valence-electron chi connectivity index (χ4n) is 2.54. The highest BCUT2D eigenvalue weighted by molar-refractivity contribution is 7.92. The third-order valence-corrected chi connectivity index (χ3v) is 5.26. The van der Waals surface area contributed by atoms with Crippen LogP contribution in [0, 0.1) is 6.92 Å². The third kappa shape index (κ3) is 3.16. The quantitative estimate of drug-likeness (QED) is 0.591. The predicted octanol–water partition coefficient (Wildman–Crippen LogP) is 4.00. The minimum absolute atomic E-state index is 0.208. The summed E-state index contributed by atoms with van der Waals surface area (Å²) in [6.07, 6.45) is 1.64. The topological polar surface area (TPSA) is 85.1 Å². The molecule has 0 spiro atoms. The summed E-state index contributed by atoms with van der Waals surface area (Å²) >= 11 is 0. The van der Waals surface area contributed by atoms with Crippen LogP contribution in [0.5, 0.6) is 0 Å². The largest absolute Gasteiger partial charge is 0.434 e. The first kappa shape index (κ1) is 16.3. The zero-order valence-electron chi connectivity index (χ0n) is 13.9. The number of aryl methyl sites for hydroxylation is 1. The number of fused-ring (bicyclic) bond motifs is 1. The van der Waals surface area contributed by atoms with Crippen LogP contribution in [-0.2, 0) is 10.0 Å². The van der Waals surface area contributed by atoms with E-state index in [1.165, 1.54) is 0 Å². The molecule has 26 heavy (non-hydrogen) atoms. The first-order valence-electron chi connectivity index (χ1n) is 7.93. The van der Waals surface area contributed by atoms with E-state index in [1.807, 2.05) is 6.92 Å². The van der Waals surface area contributed by atoms with Crippen LogP contribution in [0.4, 0.5) is 5.69 Å². The molecule has 0 bridgehead atoms. The predicted molar refractivity (Wildman–Crippen MR) is 99.2 cm³/mol. The molecule has 130 valence electrons. The Bertz CT molecular complexity index is 1150. The molecule has 0 saturated heterocycles. The van der Waals surface area contributed by atoms with Gasteiger partial charge in [0.25, 0.3) is 10.0 Å². The molecule has 0 unspecified atom stereocenters. The van der Waals surface area contributed by atoms with Crippen LogP contribution >= 0.6 is 0 Å². The highest BCUT2D eigenvalue weighted by atomic mass is 32.2. The summed E-state index contributed by atoms with van der Waals surface area (Å²) in [5, 5.41) is 0. The minimum atomic E-state index is -3.67. The van der Waals surface area contributed by atoms with Gasteiger partial charge < -0.3 is 4.42 Å². The molecule has 7 heteroatoms. The van der Waals surface area contributed by atoms with Gasteiger partial charge in [0.05, 0.1) is 4.90 Å². The Balaban J connectivity index is 1.66. The van der Waals surface area contributed by atoms with E-state index in [4.69, 9.17) is 4.42 Å². The smallest absolute Gasteiger partial charge is 0.261 e. The lowest BCUT2D eigenvalue weighted by Gasteiger charge is -2.09. The average molecular weight is 365 g/mol. The number of nitrogens with one attached hydrogen (secondary N) is 1. The molecule has 2 heterocycles. The van der Waals surface area contributed by atoms with Gasteiger partial charge in [0.1, 0.15) is 0 Å². The van der Waals surface area contributed by atoms with Crippen LogP contribution in [0.25, 0.3) is 22.7 Å². The Morgan fingerprint density at radius 1 is 1.00 bits per heavy atom. The van der Waals surface area contributed by atoms with Gasteiger partial charge in [-0.15, -0.1) is 0 Å². The number of hydrogen-bond donors (Lipinski definition) is 1. The molecule has 6 nitrogen and oxygen atoms in total. The second-order valence-corrected chi connectivity index (χ2v) is 7.53. The zero-order chi connectivity index (χ0) is 18.1. The number of pyridine rings is 1. The lowest BCUT2D eigenvalue weighted by Crippen LogP contribution is -2.12. The number of hydrogen-bond acceptors (Lipinski definition) is 5. The van der Waals surface area contributed by atoms with Crippen molar-refractivity contribution in [2.75, 3.05) is 4.72 Å². The Kier molecular flexibility index (Phi) is 3.93. The molecule has 4 aromatic rings. The minimum Gasteiger partial charge on any atom is -0.434 e. The van der Waals surface area contributed by atoms with Crippen LogP contribution < -0.4 is 4.72 Å². The maximum absolute atomic E-state index is 12.5. The number of nitrogens with zero attached hydrogens (tertiary/aromatic N) is 2. The average Bonchev–Trinajstić information content (AvgIpc) is 3.06. The van der Waals surface area contributed by atoms with Gasteiger partial charge in [0.2, 0.25) is 5.89 Å². The molecule has 0 atom stereocenters. The fourth-order valence-corrected chi connectivity index (χ4v) is 3.59. The summed E-state index contributed by atoms with van der Waals surface area (Å²) in [4.78, 5) is 8.68. The van der Waals surface area contributed by atoms with Gasteiger partial charge in [-0.05, 0) is 49.4 Å². The van der Waals surface area contributed by atoms with Crippen molar-refractivity contribution in [3.63, 3.8) is 0 Å². The van der Waals surface area contributed by atoms with E-state index in [1.54, 1.807) is 66.9 Å². The molecule has 0 aliphatic carbocycles. The van der Waals surface area contributed by atoms with E-state index in [-0.39, 0.29) is 4.90 Å². The van der Waals surface area contributed by atoms with Crippen LogP contribution in [0.2, 0.25) is 0 Å². The highest BCUT2D eigenvalue weighted by Crippen LogP contribution is 2.26. The lowest BCUT2D eigenvalue weighted by molar-refractivity contribution is 0.601. The molecule has 4 rings (SSSR count). The van der Waals surface area contributed by atoms with E-state index in [2.05, 4.69) is 14.7 Å². The van der Waals surface area contributed by atoms with Crippen molar-refractivity contribution in [3.8, 4) is 11.5 Å². The Morgan fingerprint density at radius 3 is 2.58 bits per heavy atom. The van der Waals surface area contributed by atoms with Gasteiger partial charge in [0.15, 0.2) is 11.2 Å². The first-order valence-corrected chi connectivity index (χ1v) is 9.41. The number of sulfonamides is 1. The van der Waals surface area contributed by atoms with Crippen molar-refractivity contribution in [2.45, 2.75) is 11.8 Å². The first-order chi connectivity index (χ1) is 12.5. The second kappa shape index (κ2) is 6.27. The maximum Gasteiger partial charge on any atom is 0.261 e. The molecule has 0 amide bonds. The van der Waals surface area contributed by atoms with Gasteiger partial charge >= 0.3 is 0 Å². The fraction of sp³-hybridized carbons (Fsp3) is 0.0526. The van der Waals surface area contributed by atoms with E-state index in [9.17, 15) is 8.42 Å². The molecule has 2 aromatic carbocycles. The van der Waals surface area contributed by atoms with E-state index in [0.29, 0.717) is 28.4 Å². The molecule has 1 N–H and O–H groups in total. The standard InChI is InChI=1S/C19H15N3O3S/c1-13-7-9-16(10-8-13)26(23,24)22-15-5-2-4-14(12-15)19-21-18-17(25-19)6-3-11-20-18/h2-12,22H,1H3. The molecule has 0 saturated carbocycles. The summed E-state index contributed by atoms with van der Waals surface area (Å²) in [5.41, 5.74) is 3.17. The summed E-state index contributed by atoms with van der Waals surface area (Å²) in [6, 6.07) is 17.1. The van der Waals surface area contributed by atoms with E-state index in [0.717, 1.165) is 5.56 Å². The van der Waals surface area contributed by atoms with Gasteiger partial charge in [0, 0.05) is 17.4 Å². The Morgan fingerprint density at radius 2 is 1.81 bits per heavy atom. The van der Waals surface area contributed by atoms with Crippen LogP contribution in [-0.4, -0.2) is 18.4 Å². The van der Waals surface area contributed by atoms with Crippen LogP contribution in [0.3, 0.4) is 0 Å². The number of rotatable bonds is 4. The Labute approximate surface area is 150 Å². The van der Waals surface area contributed by atoms with Crippen LogP contribution in [0.1, 0.15) is 5.56 Å². The van der Waals surface area contributed by atoms with Crippen LogP contribution in [0.15, 0.2) is 76.2 Å². The normalized spacial score (nSPS) is 11.6. The van der Waals surface area contributed by atoms with Crippen molar-refractivity contribution in [3.05, 3.63) is 72.4 Å². The molecule has 0 aliphatic rings. The molecular weight excluding hydrogens is 350 g/mol. The van der Waals surface area contributed by atoms with Crippen molar-refractivity contribution < 1.29 is 12.8 Å². The Hall–Kier alpha value is -3.19. The number of aromatic nitrogens is 2. The summed E-state index contributed by atoms with van der Waals surface area (Å²) in [7, 11) is -3.67. The highest BCUT2D eigenvalue weighted by Gasteiger charge is 2.15. The molecule has 0 radical (unpaired) electrons. The van der Waals surface area contributed by atoms with Crippen molar-refractivity contribution in [1.29, 1.82) is 0 Å². The molecule has 0 aliphatic heterocycles. The van der Waals surface area contributed by atoms with Gasteiger partial charge in [-0.1, -0.05) is 23.8 Å². The second-order valence-electron chi connectivity index (χ2n) is 5.84. The van der Waals surface area contributed by atoms with Gasteiger partial charge in [-0.2, -0.15) is 4.98 Å². The summed E-state index contributed by atoms with van der Waals surface area (Å²) in [5.74, 6) is 0.384. The van der Waals surface area contributed by atoms with Crippen molar-refractivity contribution in [1.82, 2.24) is 9.97 Å². The monoisotopic (exact) mass is 365 g/mol. The number of benzene rings is 2. The molecule has 0 fully saturated rings. The molecule has 2 aromatic heterocycles. The summed E-state index contributed by atoms with van der Waals surface area (Å²) in [6.45, 7) is 1.91. The van der Waals surface area contributed by atoms with Gasteiger partial charge in [-0.3, -0.25) is 4.72 Å². The van der Waals surface area contributed by atoms with Crippen molar-refractivity contribution in [2.24, 2.45) is 0 Å². The van der Waals surface area contributed by atoms with E-state index < -0.39 is 10.0 Å². The number of anilines is 1. The maximum atomic E-state index is 12.5. The van der Waals surface area contributed by atoms with Gasteiger partial charge in [-0.25, -0.2) is 13.4 Å².